The highest BCUT2D eigenvalue weighted by Crippen LogP contribution is 2.16. The van der Waals surface area contributed by atoms with Crippen molar-refractivity contribution in [3.63, 3.8) is 0 Å². The maximum atomic E-state index is 12.1. The van der Waals surface area contributed by atoms with Crippen LogP contribution in [0.1, 0.15) is 20.3 Å². The van der Waals surface area contributed by atoms with Gasteiger partial charge >= 0.3 is 0 Å². The van der Waals surface area contributed by atoms with Gasteiger partial charge in [0.25, 0.3) is 0 Å². The van der Waals surface area contributed by atoms with E-state index < -0.39 is 16.1 Å². The highest BCUT2D eigenvalue weighted by Gasteiger charge is 2.22. The summed E-state index contributed by atoms with van der Waals surface area (Å²) in [4.78, 5) is 0.201. The minimum Gasteiger partial charge on any atom is -0.395 e. The molecule has 2 atom stereocenters. The highest BCUT2D eigenvalue weighted by atomic mass is 79.9. The lowest BCUT2D eigenvalue weighted by atomic mass is 10.0. The smallest absolute Gasteiger partial charge is 0.240 e. The van der Waals surface area contributed by atoms with Crippen LogP contribution in [0.4, 0.5) is 0 Å². The van der Waals surface area contributed by atoms with Crippen LogP contribution < -0.4 is 4.72 Å². The lowest BCUT2D eigenvalue weighted by molar-refractivity contribution is 0.219. The van der Waals surface area contributed by atoms with Gasteiger partial charge in [-0.25, -0.2) is 13.1 Å². The predicted octanol–water partition coefficient (Wildman–Crippen LogP) is 2.13. The van der Waals surface area contributed by atoms with Crippen LogP contribution in [0.5, 0.6) is 0 Å². The molecule has 0 unspecified atom stereocenters. The molecule has 0 saturated carbocycles. The second kappa shape index (κ2) is 6.65. The van der Waals surface area contributed by atoms with Gasteiger partial charge in [-0.3, -0.25) is 0 Å². The van der Waals surface area contributed by atoms with Gasteiger partial charge in [-0.15, -0.1) is 0 Å². The Labute approximate surface area is 117 Å². The molecule has 0 fully saturated rings. The van der Waals surface area contributed by atoms with E-state index in [1.165, 1.54) is 12.1 Å². The van der Waals surface area contributed by atoms with Crippen LogP contribution in [-0.2, 0) is 10.0 Å². The molecule has 0 saturated heterocycles. The number of nitrogens with one attached hydrogen (secondary N) is 1. The fourth-order valence-corrected chi connectivity index (χ4v) is 3.10. The summed E-state index contributed by atoms with van der Waals surface area (Å²) < 4.78 is 27.5. The number of aliphatic hydroxyl groups excluding tert-OH is 1. The lowest BCUT2D eigenvalue weighted by Crippen LogP contribution is -2.41. The second-order valence-corrected chi connectivity index (χ2v) is 6.88. The number of aliphatic hydroxyl groups is 1. The van der Waals surface area contributed by atoms with Gasteiger partial charge in [-0.2, -0.15) is 0 Å². The standard InChI is InChI=1S/C12H18BrNO3S/c1-3-9(2)12(8-15)14-18(16,17)11-6-4-10(13)5-7-11/h4-7,9,12,14-15H,3,8H2,1-2H3/t9-,12+/m0/s1. The molecule has 4 nitrogen and oxygen atoms in total. The largest absolute Gasteiger partial charge is 0.395 e. The average Bonchev–Trinajstić information content (AvgIpc) is 2.35. The molecule has 0 radical (unpaired) electrons. The molecule has 1 rings (SSSR count). The molecule has 2 N–H and O–H groups in total. The molecule has 102 valence electrons. The molecule has 1 aromatic rings. The van der Waals surface area contributed by atoms with E-state index in [4.69, 9.17) is 0 Å². The third kappa shape index (κ3) is 4.05. The van der Waals surface area contributed by atoms with Gasteiger partial charge < -0.3 is 5.11 Å². The van der Waals surface area contributed by atoms with Crippen LogP contribution >= 0.6 is 15.9 Å². The number of hydrogen-bond acceptors (Lipinski definition) is 3. The Kier molecular flexibility index (Phi) is 5.78. The molecule has 6 heteroatoms. The van der Waals surface area contributed by atoms with Crippen molar-refractivity contribution in [1.82, 2.24) is 4.72 Å². The van der Waals surface area contributed by atoms with Crippen LogP contribution in [0.2, 0.25) is 0 Å². The number of halogens is 1. The lowest BCUT2D eigenvalue weighted by Gasteiger charge is -2.21. The number of benzene rings is 1. The molecule has 0 heterocycles. The summed E-state index contributed by atoms with van der Waals surface area (Å²) in [6.45, 7) is 3.66. The normalized spacial score (nSPS) is 15.3. The van der Waals surface area contributed by atoms with E-state index in [1.807, 2.05) is 13.8 Å². The molecule has 0 aromatic heterocycles. The first-order valence-corrected chi connectivity index (χ1v) is 8.07. The van der Waals surface area contributed by atoms with E-state index in [1.54, 1.807) is 12.1 Å². The van der Waals surface area contributed by atoms with Gasteiger partial charge in [0.15, 0.2) is 0 Å². The molecule has 0 aliphatic carbocycles. The zero-order valence-electron chi connectivity index (χ0n) is 10.4. The van der Waals surface area contributed by atoms with Crippen molar-refractivity contribution in [2.45, 2.75) is 31.2 Å². The number of rotatable bonds is 6. The maximum absolute atomic E-state index is 12.1. The Hall–Kier alpha value is -0.430. The quantitative estimate of drug-likeness (QED) is 0.836. The van der Waals surface area contributed by atoms with Gasteiger partial charge in [0.05, 0.1) is 11.5 Å². The summed E-state index contributed by atoms with van der Waals surface area (Å²) >= 11 is 3.26. The third-order valence-corrected chi connectivity index (χ3v) is 4.99. The van der Waals surface area contributed by atoms with Crippen LogP contribution in [-0.4, -0.2) is 26.2 Å². The Morgan fingerprint density at radius 1 is 1.33 bits per heavy atom. The van der Waals surface area contributed by atoms with Crippen molar-refractivity contribution in [3.8, 4) is 0 Å². The van der Waals surface area contributed by atoms with Crippen molar-refractivity contribution in [3.05, 3.63) is 28.7 Å². The summed E-state index contributed by atoms with van der Waals surface area (Å²) in [6.07, 6.45) is 0.800. The van der Waals surface area contributed by atoms with E-state index >= 15 is 0 Å². The Balaban J connectivity index is 2.90. The SMILES string of the molecule is CC[C@H](C)[C@@H](CO)NS(=O)(=O)c1ccc(Br)cc1. The van der Waals surface area contributed by atoms with Gasteiger partial charge in [0.2, 0.25) is 10.0 Å². The van der Waals surface area contributed by atoms with E-state index in [2.05, 4.69) is 20.7 Å². The van der Waals surface area contributed by atoms with E-state index in [9.17, 15) is 13.5 Å². The van der Waals surface area contributed by atoms with Gasteiger partial charge in [-0.1, -0.05) is 36.2 Å². The first-order chi connectivity index (χ1) is 8.40. The molecule has 0 spiro atoms. The maximum Gasteiger partial charge on any atom is 0.240 e. The monoisotopic (exact) mass is 335 g/mol. The molecule has 1 aromatic carbocycles. The summed E-state index contributed by atoms with van der Waals surface area (Å²) in [5.41, 5.74) is 0. The molecule has 0 aliphatic rings. The van der Waals surface area contributed by atoms with E-state index in [0.29, 0.717) is 0 Å². The van der Waals surface area contributed by atoms with E-state index in [-0.39, 0.29) is 17.4 Å². The van der Waals surface area contributed by atoms with Crippen molar-refractivity contribution in [2.75, 3.05) is 6.61 Å². The van der Waals surface area contributed by atoms with Crippen molar-refractivity contribution in [2.24, 2.45) is 5.92 Å². The zero-order chi connectivity index (χ0) is 13.8. The summed E-state index contributed by atoms with van der Waals surface area (Å²) in [7, 11) is -3.57. The Morgan fingerprint density at radius 2 is 1.89 bits per heavy atom. The van der Waals surface area contributed by atoms with Crippen molar-refractivity contribution in [1.29, 1.82) is 0 Å². The molecular weight excluding hydrogens is 318 g/mol. The molecule has 18 heavy (non-hydrogen) atoms. The topological polar surface area (TPSA) is 66.4 Å². The van der Waals surface area contributed by atoms with Gasteiger partial charge in [-0.05, 0) is 30.2 Å². The first-order valence-electron chi connectivity index (χ1n) is 5.79. The van der Waals surface area contributed by atoms with Gasteiger partial charge in [0, 0.05) is 10.5 Å². The average molecular weight is 336 g/mol. The summed E-state index contributed by atoms with van der Waals surface area (Å²) in [6, 6.07) is 5.94. The molecule has 0 amide bonds. The Bertz CT molecular complexity index is 473. The Morgan fingerprint density at radius 3 is 2.33 bits per heavy atom. The summed E-state index contributed by atoms with van der Waals surface area (Å²) in [5, 5.41) is 9.25. The minimum atomic E-state index is -3.57. The van der Waals surface area contributed by atoms with Crippen molar-refractivity contribution >= 4 is 26.0 Å². The molecule has 0 bridgehead atoms. The molecular formula is C12H18BrNO3S. The second-order valence-electron chi connectivity index (χ2n) is 4.25. The highest BCUT2D eigenvalue weighted by molar-refractivity contribution is 9.10. The van der Waals surface area contributed by atoms with Crippen LogP contribution in [0.3, 0.4) is 0 Å². The fraction of sp³-hybridized carbons (Fsp3) is 0.500. The summed E-state index contributed by atoms with van der Waals surface area (Å²) in [5.74, 6) is 0.0835. The molecule has 0 aliphatic heterocycles. The van der Waals surface area contributed by atoms with Crippen LogP contribution in [0.25, 0.3) is 0 Å². The van der Waals surface area contributed by atoms with Crippen LogP contribution in [0, 0.1) is 5.92 Å². The number of hydrogen-bond donors (Lipinski definition) is 2. The van der Waals surface area contributed by atoms with Gasteiger partial charge in [0.1, 0.15) is 0 Å². The minimum absolute atomic E-state index is 0.0835. The third-order valence-electron chi connectivity index (χ3n) is 2.96. The first kappa shape index (κ1) is 15.6. The fourth-order valence-electron chi connectivity index (χ4n) is 1.50. The zero-order valence-corrected chi connectivity index (χ0v) is 12.8. The van der Waals surface area contributed by atoms with Crippen LogP contribution in [0.15, 0.2) is 33.6 Å². The number of sulfonamides is 1. The van der Waals surface area contributed by atoms with Crippen molar-refractivity contribution < 1.29 is 13.5 Å². The predicted molar refractivity (Wildman–Crippen MR) is 74.8 cm³/mol. The van der Waals surface area contributed by atoms with E-state index in [0.717, 1.165) is 10.9 Å².